The number of likely N-dealkylation sites (tertiary alicyclic amines) is 1. The first-order chi connectivity index (χ1) is 15.1. The van der Waals surface area contributed by atoms with E-state index >= 15 is 0 Å². The van der Waals surface area contributed by atoms with Gasteiger partial charge < -0.3 is 29.7 Å². The zero-order chi connectivity index (χ0) is 22.2. The van der Waals surface area contributed by atoms with Gasteiger partial charge in [-0.05, 0) is 37.0 Å². The molecule has 1 aliphatic carbocycles. The van der Waals surface area contributed by atoms with Gasteiger partial charge in [0.05, 0.1) is 21.3 Å². The average Bonchev–Trinajstić information content (AvgIpc) is 3.29. The largest absolute Gasteiger partial charge is 0.493 e. The zero-order valence-electron chi connectivity index (χ0n) is 19.6. The molecule has 3 rings (SSSR count). The number of aliphatic imine (C=N–C) groups is 1. The van der Waals surface area contributed by atoms with Crippen molar-refractivity contribution in [3.05, 3.63) is 17.7 Å². The van der Waals surface area contributed by atoms with Gasteiger partial charge in [-0.3, -0.25) is 9.79 Å². The summed E-state index contributed by atoms with van der Waals surface area (Å²) in [7, 11) is 6.56. The van der Waals surface area contributed by atoms with E-state index in [9.17, 15) is 4.79 Å². The maximum absolute atomic E-state index is 12.8. The van der Waals surface area contributed by atoms with E-state index in [1.54, 1.807) is 28.4 Å². The lowest BCUT2D eigenvalue weighted by Crippen LogP contribution is -2.45. The summed E-state index contributed by atoms with van der Waals surface area (Å²) in [5.41, 5.74) is 0.984. The van der Waals surface area contributed by atoms with Gasteiger partial charge in [0.25, 0.3) is 0 Å². The maximum atomic E-state index is 12.8. The van der Waals surface area contributed by atoms with Gasteiger partial charge >= 0.3 is 0 Å². The number of amides is 1. The number of benzene rings is 1. The van der Waals surface area contributed by atoms with E-state index in [4.69, 9.17) is 14.2 Å². The third kappa shape index (κ3) is 6.55. The van der Waals surface area contributed by atoms with Gasteiger partial charge in [-0.2, -0.15) is 0 Å². The predicted octanol–water partition coefficient (Wildman–Crippen LogP) is 3.18. The molecular weight excluding hydrogens is 523 g/mol. The molecule has 1 saturated carbocycles. The monoisotopic (exact) mass is 560 g/mol. The van der Waals surface area contributed by atoms with Crippen molar-refractivity contribution in [3.8, 4) is 17.2 Å². The molecule has 1 aliphatic heterocycles. The second-order valence-corrected chi connectivity index (χ2v) is 8.21. The topological polar surface area (TPSA) is 84.4 Å². The van der Waals surface area contributed by atoms with E-state index in [0.29, 0.717) is 35.7 Å². The molecule has 2 aliphatic rings. The summed E-state index contributed by atoms with van der Waals surface area (Å²) in [5, 5.41) is 6.80. The van der Waals surface area contributed by atoms with E-state index in [1.807, 2.05) is 17.0 Å². The summed E-state index contributed by atoms with van der Waals surface area (Å²) in [6.45, 7) is 2.10. The summed E-state index contributed by atoms with van der Waals surface area (Å²) in [4.78, 5) is 19.2. The maximum Gasteiger partial charge on any atom is 0.225 e. The van der Waals surface area contributed by atoms with Crippen LogP contribution in [0.4, 0.5) is 0 Å². The molecule has 2 fully saturated rings. The molecule has 1 saturated heterocycles. The van der Waals surface area contributed by atoms with Gasteiger partial charge in [-0.15, -0.1) is 24.0 Å². The lowest BCUT2D eigenvalue weighted by Gasteiger charge is -2.26. The van der Waals surface area contributed by atoms with Gasteiger partial charge in [0.15, 0.2) is 17.5 Å². The number of methoxy groups -OCH3 is 3. The first kappa shape index (κ1) is 26.3. The van der Waals surface area contributed by atoms with Gasteiger partial charge in [0.1, 0.15) is 0 Å². The molecule has 0 radical (unpaired) electrons. The minimum Gasteiger partial charge on any atom is -0.493 e. The van der Waals surface area contributed by atoms with Crippen molar-refractivity contribution in [3.63, 3.8) is 0 Å². The number of guanidine groups is 1. The number of nitrogens with one attached hydrogen (secondary N) is 2. The van der Waals surface area contributed by atoms with Crippen LogP contribution >= 0.6 is 24.0 Å². The first-order valence-electron chi connectivity index (χ1n) is 11.1. The lowest BCUT2D eigenvalue weighted by atomic mass is 9.88. The van der Waals surface area contributed by atoms with E-state index in [0.717, 1.165) is 37.9 Å². The molecule has 0 bridgehead atoms. The lowest BCUT2D eigenvalue weighted by molar-refractivity contribution is -0.135. The van der Waals surface area contributed by atoms with E-state index in [-0.39, 0.29) is 35.9 Å². The molecule has 1 amide bonds. The Morgan fingerprint density at radius 1 is 1.06 bits per heavy atom. The van der Waals surface area contributed by atoms with Crippen molar-refractivity contribution >= 4 is 35.8 Å². The van der Waals surface area contributed by atoms with Gasteiger partial charge in [0, 0.05) is 38.6 Å². The Bertz CT molecular complexity index is 758. The molecular formula is C23H37IN4O4. The fourth-order valence-corrected chi connectivity index (χ4v) is 4.50. The van der Waals surface area contributed by atoms with Gasteiger partial charge in [-0.25, -0.2) is 0 Å². The molecule has 1 unspecified atom stereocenters. The Labute approximate surface area is 208 Å². The number of hydrogen-bond donors (Lipinski definition) is 2. The number of halogens is 1. The van der Waals surface area contributed by atoms with Crippen LogP contribution in [0, 0.1) is 5.92 Å². The van der Waals surface area contributed by atoms with E-state index < -0.39 is 0 Å². The van der Waals surface area contributed by atoms with Crippen LogP contribution in [0.3, 0.4) is 0 Å². The third-order valence-electron chi connectivity index (χ3n) is 6.20. The molecule has 1 atom stereocenters. The molecule has 9 heteroatoms. The van der Waals surface area contributed by atoms with Crippen molar-refractivity contribution in [1.82, 2.24) is 15.5 Å². The van der Waals surface area contributed by atoms with Crippen molar-refractivity contribution in [2.24, 2.45) is 10.9 Å². The third-order valence-corrected chi connectivity index (χ3v) is 6.20. The summed E-state index contributed by atoms with van der Waals surface area (Å²) in [6.07, 6.45) is 6.66. The van der Waals surface area contributed by atoms with Crippen molar-refractivity contribution in [2.75, 3.05) is 41.5 Å². The van der Waals surface area contributed by atoms with Crippen molar-refractivity contribution in [1.29, 1.82) is 0 Å². The minimum atomic E-state index is 0. The summed E-state index contributed by atoms with van der Waals surface area (Å²) < 4.78 is 16.2. The van der Waals surface area contributed by atoms with Crippen molar-refractivity contribution < 1.29 is 19.0 Å². The quantitative estimate of drug-likeness (QED) is 0.303. The highest BCUT2D eigenvalue weighted by atomic mass is 127. The Kier molecular flexibility index (Phi) is 10.7. The Morgan fingerprint density at radius 2 is 1.72 bits per heavy atom. The number of hydrogen-bond acceptors (Lipinski definition) is 5. The Balaban J connectivity index is 0.00000363. The Hall–Kier alpha value is -1.91. The van der Waals surface area contributed by atoms with Crippen LogP contribution in [0.15, 0.2) is 17.1 Å². The average molecular weight is 560 g/mol. The normalized spacial score (nSPS) is 19.2. The summed E-state index contributed by atoms with van der Waals surface area (Å²) in [6, 6.07) is 4.04. The predicted molar refractivity (Wildman–Crippen MR) is 136 cm³/mol. The van der Waals surface area contributed by atoms with Crippen LogP contribution in [-0.4, -0.2) is 64.3 Å². The number of rotatable bonds is 7. The molecule has 180 valence electrons. The fourth-order valence-electron chi connectivity index (χ4n) is 4.50. The van der Waals surface area contributed by atoms with E-state index in [1.165, 1.54) is 19.3 Å². The highest BCUT2D eigenvalue weighted by molar-refractivity contribution is 14.0. The molecule has 0 spiro atoms. The van der Waals surface area contributed by atoms with Gasteiger partial charge in [0.2, 0.25) is 11.7 Å². The minimum absolute atomic E-state index is 0. The van der Waals surface area contributed by atoms with Crippen molar-refractivity contribution in [2.45, 2.75) is 51.1 Å². The standard InChI is InChI=1S/C23H36N4O4.HI/c1-24-23(25-14-16-12-19(29-2)21(31-4)20(13-16)30-3)26-18-10-11-27(15-18)22(28)17-8-6-5-7-9-17;/h12-13,17-18H,5-11,14-15H2,1-4H3,(H2,24,25,26);1H. The zero-order valence-corrected chi connectivity index (χ0v) is 21.9. The van der Waals surface area contributed by atoms with Crippen LogP contribution < -0.4 is 24.8 Å². The highest BCUT2D eigenvalue weighted by Crippen LogP contribution is 2.38. The summed E-state index contributed by atoms with van der Waals surface area (Å²) in [5.74, 6) is 3.09. The van der Waals surface area contributed by atoms with Gasteiger partial charge in [-0.1, -0.05) is 19.3 Å². The second kappa shape index (κ2) is 13.0. The Morgan fingerprint density at radius 3 is 2.28 bits per heavy atom. The number of carbonyl (C=O) groups excluding carboxylic acids is 1. The molecule has 1 heterocycles. The summed E-state index contributed by atoms with van der Waals surface area (Å²) >= 11 is 0. The smallest absolute Gasteiger partial charge is 0.225 e. The molecule has 32 heavy (non-hydrogen) atoms. The molecule has 8 nitrogen and oxygen atoms in total. The molecule has 1 aromatic rings. The van der Waals surface area contributed by atoms with Crippen LogP contribution in [0.1, 0.15) is 44.1 Å². The molecule has 1 aromatic carbocycles. The number of carbonyl (C=O) groups is 1. The molecule has 2 N–H and O–H groups in total. The fraction of sp³-hybridized carbons (Fsp3) is 0.652. The second-order valence-electron chi connectivity index (χ2n) is 8.21. The van der Waals surface area contributed by atoms with Crippen LogP contribution in [0.25, 0.3) is 0 Å². The van der Waals surface area contributed by atoms with Crippen LogP contribution in [0.5, 0.6) is 17.2 Å². The highest BCUT2D eigenvalue weighted by Gasteiger charge is 2.31. The van der Waals surface area contributed by atoms with Crippen LogP contribution in [-0.2, 0) is 11.3 Å². The number of ether oxygens (including phenoxy) is 3. The number of nitrogens with zero attached hydrogens (tertiary/aromatic N) is 2. The SMILES string of the molecule is CN=C(NCc1cc(OC)c(OC)c(OC)c1)NC1CCN(C(=O)C2CCCCC2)C1.I. The van der Waals surface area contributed by atoms with E-state index in [2.05, 4.69) is 15.6 Å². The molecule has 0 aromatic heterocycles. The van der Waals surface area contributed by atoms with Crippen LogP contribution in [0.2, 0.25) is 0 Å². The first-order valence-corrected chi connectivity index (χ1v) is 11.1.